The van der Waals surface area contributed by atoms with Gasteiger partial charge in [0, 0.05) is 17.9 Å². The fourth-order valence-corrected chi connectivity index (χ4v) is 3.07. The molecule has 3 heterocycles. The number of nitrogens with one attached hydrogen (secondary N) is 1. The van der Waals surface area contributed by atoms with Gasteiger partial charge in [0.05, 0.1) is 18.4 Å². The number of benzene rings is 1. The largest absolute Gasteiger partial charge is 0.347 e. The summed E-state index contributed by atoms with van der Waals surface area (Å²) >= 11 is 0. The van der Waals surface area contributed by atoms with E-state index in [0.29, 0.717) is 18.5 Å². The maximum absolute atomic E-state index is 4.63. The standard InChI is InChI=1S/C18H18N6/c1-13-10-14-6-2-3-8-16(14)24(13)17-12-21-23-18(22-17)20-11-15-7-4-5-9-19-15/h2-9,12-13H,10-11H2,1H3,(H,20,22,23). The summed E-state index contributed by atoms with van der Waals surface area (Å²) < 4.78 is 0. The lowest BCUT2D eigenvalue weighted by Crippen LogP contribution is -2.25. The molecule has 4 rings (SSSR count). The van der Waals surface area contributed by atoms with Crippen LogP contribution in [0.4, 0.5) is 17.5 Å². The van der Waals surface area contributed by atoms with Gasteiger partial charge >= 0.3 is 0 Å². The van der Waals surface area contributed by atoms with Gasteiger partial charge in [0.1, 0.15) is 0 Å². The Morgan fingerprint density at radius 2 is 2.04 bits per heavy atom. The number of para-hydroxylation sites is 1. The van der Waals surface area contributed by atoms with Crippen molar-refractivity contribution < 1.29 is 0 Å². The predicted octanol–water partition coefficient (Wildman–Crippen LogP) is 2.96. The molecule has 1 aliphatic rings. The fourth-order valence-electron chi connectivity index (χ4n) is 3.07. The van der Waals surface area contributed by atoms with E-state index in [9.17, 15) is 0 Å². The first-order valence-corrected chi connectivity index (χ1v) is 8.02. The van der Waals surface area contributed by atoms with Gasteiger partial charge in [0.2, 0.25) is 5.95 Å². The molecule has 0 spiro atoms. The van der Waals surface area contributed by atoms with Crippen molar-refractivity contribution in [2.75, 3.05) is 10.2 Å². The molecule has 6 nitrogen and oxygen atoms in total. The van der Waals surface area contributed by atoms with Crippen LogP contribution in [0.2, 0.25) is 0 Å². The number of anilines is 3. The number of hydrogen-bond donors (Lipinski definition) is 1. The van der Waals surface area contributed by atoms with E-state index < -0.39 is 0 Å². The van der Waals surface area contributed by atoms with Crippen LogP contribution in [-0.2, 0) is 13.0 Å². The molecule has 0 aliphatic carbocycles. The van der Waals surface area contributed by atoms with Crippen molar-refractivity contribution in [1.29, 1.82) is 0 Å². The Morgan fingerprint density at radius 1 is 1.17 bits per heavy atom. The van der Waals surface area contributed by atoms with E-state index in [2.05, 4.69) is 61.6 Å². The summed E-state index contributed by atoms with van der Waals surface area (Å²) in [6.07, 6.45) is 4.50. The molecular formula is C18H18N6. The Kier molecular flexibility index (Phi) is 3.78. The van der Waals surface area contributed by atoms with E-state index in [0.717, 1.165) is 17.9 Å². The second-order valence-corrected chi connectivity index (χ2v) is 5.86. The molecule has 6 heteroatoms. The molecule has 0 bridgehead atoms. The smallest absolute Gasteiger partial charge is 0.245 e. The van der Waals surface area contributed by atoms with Crippen molar-refractivity contribution >= 4 is 17.5 Å². The van der Waals surface area contributed by atoms with Crippen molar-refractivity contribution in [2.24, 2.45) is 0 Å². The molecule has 1 atom stereocenters. The summed E-state index contributed by atoms with van der Waals surface area (Å²) in [6, 6.07) is 14.6. The molecule has 1 aliphatic heterocycles. The number of fused-ring (bicyclic) bond motifs is 1. The Labute approximate surface area is 140 Å². The molecule has 0 saturated carbocycles. The van der Waals surface area contributed by atoms with E-state index in [4.69, 9.17) is 0 Å². The highest BCUT2D eigenvalue weighted by atomic mass is 15.3. The molecule has 2 aromatic heterocycles. The molecule has 1 unspecified atom stereocenters. The van der Waals surface area contributed by atoms with Crippen LogP contribution in [0.3, 0.4) is 0 Å². The van der Waals surface area contributed by atoms with Crippen LogP contribution in [0, 0.1) is 0 Å². The van der Waals surface area contributed by atoms with Gasteiger partial charge in [-0.25, -0.2) is 0 Å². The lowest BCUT2D eigenvalue weighted by Gasteiger charge is -2.23. The van der Waals surface area contributed by atoms with Crippen molar-refractivity contribution in [3.63, 3.8) is 0 Å². The second-order valence-electron chi connectivity index (χ2n) is 5.86. The normalized spacial score (nSPS) is 16.0. The zero-order valence-corrected chi connectivity index (χ0v) is 13.4. The van der Waals surface area contributed by atoms with E-state index in [1.165, 1.54) is 11.3 Å². The van der Waals surface area contributed by atoms with Crippen LogP contribution >= 0.6 is 0 Å². The van der Waals surface area contributed by atoms with Gasteiger partial charge in [0.15, 0.2) is 5.82 Å². The van der Waals surface area contributed by atoms with Crippen molar-refractivity contribution in [3.8, 4) is 0 Å². The number of rotatable bonds is 4. The number of hydrogen-bond acceptors (Lipinski definition) is 6. The second kappa shape index (κ2) is 6.23. The average Bonchev–Trinajstić information content (AvgIpc) is 2.97. The van der Waals surface area contributed by atoms with Gasteiger partial charge in [0.25, 0.3) is 0 Å². The average molecular weight is 318 g/mol. The van der Waals surface area contributed by atoms with Gasteiger partial charge in [-0.15, -0.1) is 5.10 Å². The van der Waals surface area contributed by atoms with Crippen LogP contribution in [0.15, 0.2) is 54.9 Å². The minimum absolute atomic E-state index is 0.350. The molecule has 3 aromatic rings. The van der Waals surface area contributed by atoms with E-state index >= 15 is 0 Å². The highest BCUT2D eigenvalue weighted by Gasteiger charge is 2.28. The lowest BCUT2D eigenvalue weighted by molar-refractivity contribution is 0.744. The summed E-state index contributed by atoms with van der Waals surface area (Å²) in [5, 5.41) is 11.4. The van der Waals surface area contributed by atoms with Crippen LogP contribution < -0.4 is 10.2 Å². The maximum atomic E-state index is 4.63. The Bertz CT molecular complexity index is 836. The van der Waals surface area contributed by atoms with Gasteiger partial charge in [-0.05, 0) is 37.1 Å². The van der Waals surface area contributed by atoms with E-state index in [1.54, 1.807) is 12.4 Å². The first kappa shape index (κ1) is 14.6. The number of pyridine rings is 1. The molecule has 0 radical (unpaired) electrons. The van der Waals surface area contributed by atoms with Gasteiger partial charge < -0.3 is 10.2 Å². The van der Waals surface area contributed by atoms with Crippen LogP contribution in [0.1, 0.15) is 18.2 Å². The quantitative estimate of drug-likeness (QED) is 0.798. The zero-order chi connectivity index (χ0) is 16.4. The molecule has 120 valence electrons. The van der Waals surface area contributed by atoms with Crippen LogP contribution in [-0.4, -0.2) is 26.2 Å². The third-order valence-corrected chi connectivity index (χ3v) is 4.15. The topological polar surface area (TPSA) is 66.8 Å². The minimum Gasteiger partial charge on any atom is -0.347 e. The lowest BCUT2D eigenvalue weighted by atomic mass is 10.1. The summed E-state index contributed by atoms with van der Waals surface area (Å²) in [4.78, 5) is 11.1. The highest BCUT2D eigenvalue weighted by Crippen LogP contribution is 2.36. The molecule has 1 aromatic carbocycles. The third kappa shape index (κ3) is 2.78. The third-order valence-electron chi connectivity index (χ3n) is 4.15. The highest BCUT2D eigenvalue weighted by molar-refractivity contribution is 5.68. The van der Waals surface area contributed by atoms with Crippen molar-refractivity contribution in [2.45, 2.75) is 25.9 Å². The molecule has 0 saturated heterocycles. The molecule has 24 heavy (non-hydrogen) atoms. The van der Waals surface area contributed by atoms with Crippen LogP contribution in [0.25, 0.3) is 0 Å². The number of nitrogens with zero attached hydrogens (tertiary/aromatic N) is 5. The van der Waals surface area contributed by atoms with E-state index in [1.807, 2.05) is 18.2 Å². The Morgan fingerprint density at radius 3 is 2.92 bits per heavy atom. The van der Waals surface area contributed by atoms with Crippen molar-refractivity contribution in [1.82, 2.24) is 20.2 Å². The first-order chi connectivity index (χ1) is 11.8. The summed E-state index contributed by atoms with van der Waals surface area (Å²) in [7, 11) is 0. The van der Waals surface area contributed by atoms with E-state index in [-0.39, 0.29) is 0 Å². The van der Waals surface area contributed by atoms with Crippen molar-refractivity contribution in [3.05, 3.63) is 66.1 Å². The maximum Gasteiger partial charge on any atom is 0.245 e. The first-order valence-electron chi connectivity index (χ1n) is 8.02. The molecule has 0 fully saturated rings. The Balaban J connectivity index is 1.57. The molecule has 0 amide bonds. The zero-order valence-electron chi connectivity index (χ0n) is 13.4. The Hall–Kier alpha value is -3.02. The van der Waals surface area contributed by atoms with Gasteiger partial charge in [-0.2, -0.15) is 10.1 Å². The fraction of sp³-hybridized carbons (Fsp3) is 0.222. The molecule has 1 N–H and O–H groups in total. The van der Waals surface area contributed by atoms with Gasteiger partial charge in [-0.1, -0.05) is 24.3 Å². The SMILES string of the molecule is CC1Cc2ccccc2N1c1cnnc(NCc2ccccn2)n1. The monoisotopic (exact) mass is 318 g/mol. The predicted molar refractivity (Wildman–Crippen MR) is 93.1 cm³/mol. The minimum atomic E-state index is 0.350. The number of aromatic nitrogens is 4. The van der Waals surface area contributed by atoms with Gasteiger partial charge in [-0.3, -0.25) is 4.98 Å². The van der Waals surface area contributed by atoms with Crippen LogP contribution in [0.5, 0.6) is 0 Å². The summed E-state index contributed by atoms with van der Waals surface area (Å²) in [5.74, 6) is 1.32. The summed E-state index contributed by atoms with van der Waals surface area (Å²) in [6.45, 7) is 2.77. The molecular weight excluding hydrogens is 300 g/mol. The summed E-state index contributed by atoms with van der Waals surface area (Å²) in [5.41, 5.74) is 3.47.